The molecule has 0 aliphatic rings. The first-order chi connectivity index (χ1) is 11.9. The van der Waals surface area contributed by atoms with E-state index in [9.17, 15) is 0 Å². The molecule has 0 radical (unpaired) electrons. The lowest BCUT2D eigenvalue weighted by molar-refractivity contribution is 1.14. The highest BCUT2D eigenvalue weighted by atomic mass is 15.1. The highest BCUT2D eigenvalue weighted by Crippen LogP contribution is 2.37. The fraction of sp³-hybridized carbons (Fsp3) is 0. The maximum Gasteiger partial charge on any atom is 0.120 e. The van der Waals surface area contributed by atoms with Gasteiger partial charge in [-0.2, -0.15) is 5.11 Å². The number of hydrogen-bond acceptors (Lipinski definition) is 4. The van der Waals surface area contributed by atoms with Gasteiger partial charge in [0.15, 0.2) is 0 Å². The second-order valence-electron chi connectivity index (χ2n) is 5.46. The zero-order valence-corrected chi connectivity index (χ0v) is 12.8. The minimum absolute atomic E-state index is 0.539. The summed E-state index contributed by atoms with van der Waals surface area (Å²) >= 11 is 0. The fourth-order valence-corrected chi connectivity index (χ4v) is 2.85. The first-order valence-corrected chi connectivity index (χ1v) is 7.65. The van der Waals surface area contributed by atoms with E-state index in [2.05, 4.69) is 27.5 Å². The van der Waals surface area contributed by atoms with Crippen LogP contribution in [-0.2, 0) is 0 Å². The average Bonchev–Trinajstić information content (AvgIpc) is 2.65. The minimum atomic E-state index is 0.539. The van der Waals surface area contributed by atoms with Crippen molar-refractivity contribution in [3.63, 3.8) is 0 Å². The predicted molar refractivity (Wildman–Crippen MR) is 96.9 cm³/mol. The van der Waals surface area contributed by atoms with Gasteiger partial charge in [-0.1, -0.05) is 66.7 Å². The van der Waals surface area contributed by atoms with E-state index in [4.69, 9.17) is 5.53 Å². The smallest absolute Gasteiger partial charge is 0.120 e. The van der Waals surface area contributed by atoms with Gasteiger partial charge in [0.1, 0.15) is 11.4 Å². The lowest BCUT2D eigenvalue weighted by atomic mass is 10.1. The van der Waals surface area contributed by atoms with Gasteiger partial charge in [-0.05, 0) is 22.9 Å². The van der Waals surface area contributed by atoms with Crippen molar-refractivity contribution in [2.24, 2.45) is 15.3 Å². The van der Waals surface area contributed by atoms with E-state index in [1.807, 2.05) is 66.7 Å². The Morgan fingerprint density at radius 2 is 1.17 bits per heavy atom. The van der Waals surface area contributed by atoms with Crippen LogP contribution in [0.4, 0.5) is 17.1 Å². The van der Waals surface area contributed by atoms with Crippen LogP contribution in [0.1, 0.15) is 0 Å². The number of azo groups is 1. The van der Waals surface area contributed by atoms with Crippen LogP contribution in [0.15, 0.2) is 94.2 Å². The van der Waals surface area contributed by atoms with Crippen LogP contribution in [0, 0.1) is 5.53 Å². The minimum Gasteiger partial charge on any atom is -0.204 e. The third kappa shape index (κ3) is 2.44. The molecule has 0 atom stereocenters. The van der Waals surface area contributed by atoms with Crippen LogP contribution in [-0.4, -0.2) is 0 Å². The molecule has 0 aliphatic carbocycles. The fourth-order valence-electron chi connectivity index (χ4n) is 2.85. The summed E-state index contributed by atoms with van der Waals surface area (Å²) in [6, 6.07) is 25.7. The van der Waals surface area contributed by atoms with Gasteiger partial charge in [-0.15, -0.1) is 10.2 Å². The third-order valence-electron chi connectivity index (χ3n) is 4.02. The number of fused-ring (bicyclic) bond motifs is 2. The summed E-state index contributed by atoms with van der Waals surface area (Å²) in [4.78, 5) is 0. The maximum absolute atomic E-state index is 7.50. The van der Waals surface area contributed by atoms with Gasteiger partial charge < -0.3 is 0 Å². The molecule has 114 valence electrons. The van der Waals surface area contributed by atoms with Crippen LogP contribution in [0.25, 0.3) is 21.5 Å². The van der Waals surface area contributed by atoms with Crippen LogP contribution < -0.4 is 0 Å². The van der Waals surface area contributed by atoms with Crippen molar-refractivity contribution >= 4 is 38.6 Å². The molecular weight excluding hydrogens is 296 g/mol. The molecule has 0 unspecified atom stereocenters. The monoisotopic (exact) mass is 310 g/mol. The van der Waals surface area contributed by atoms with Gasteiger partial charge in [0, 0.05) is 10.8 Å². The van der Waals surface area contributed by atoms with Gasteiger partial charge in [-0.3, -0.25) is 0 Å². The Morgan fingerprint density at radius 1 is 0.542 bits per heavy atom. The van der Waals surface area contributed by atoms with Gasteiger partial charge in [0.05, 0.1) is 5.69 Å². The molecule has 0 aliphatic heterocycles. The van der Waals surface area contributed by atoms with Gasteiger partial charge in [0.2, 0.25) is 0 Å². The van der Waals surface area contributed by atoms with Crippen LogP contribution in [0.2, 0.25) is 0 Å². The first-order valence-electron chi connectivity index (χ1n) is 7.65. The Bertz CT molecular complexity index is 1080. The van der Waals surface area contributed by atoms with E-state index in [1.54, 1.807) is 0 Å². The summed E-state index contributed by atoms with van der Waals surface area (Å²) in [7, 11) is 0. The van der Waals surface area contributed by atoms with Crippen molar-refractivity contribution in [3.05, 3.63) is 78.9 Å². The summed E-state index contributed by atoms with van der Waals surface area (Å²) in [6.45, 7) is 0. The van der Waals surface area contributed by atoms with Crippen molar-refractivity contribution in [1.82, 2.24) is 0 Å². The molecule has 0 spiro atoms. The highest BCUT2D eigenvalue weighted by Gasteiger charge is 2.06. The molecule has 0 amide bonds. The number of hydrogen-bond donors (Lipinski definition) is 1. The van der Waals surface area contributed by atoms with Crippen LogP contribution >= 0.6 is 0 Å². The second kappa shape index (κ2) is 6.01. The summed E-state index contributed by atoms with van der Waals surface area (Å²) in [5.41, 5.74) is 9.44. The maximum atomic E-state index is 7.50. The molecule has 0 fully saturated rings. The highest BCUT2D eigenvalue weighted by molar-refractivity contribution is 5.97. The van der Waals surface area contributed by atoms with E-state index in [-0.39, 0.29) is 0 Å². The van der Waals surface area contributed by atoms with Crippen LogP contribution in [0.5, 0.6) is 0 Å². The third-order valence-corrected chi connectivity index (χ3v) is 4.02. The number of benzene rings is 4. The van der Waals surface area contributed by atoms with Gasteiger partial charge in [-0.25, -0.2) is 5.53 Å². The Morgan fingerprint density at radius 3 is 1.96 bits per heavy atom. The molecule has 4 rings (SSSR count). The molecule has 0 aromatic heterocycles. The number of rotatable bonds is 3. The molecule has 4 nitrogen and oxygen atoms in total. The Kier molecular flexibility index (Phi) is 3.56. The molecule has 4 aromatic rings. The average molecular weight is 310 g/mol. The lowest BCUT2D eigenvalue weighted by Gasteiger charge is -2.04. The Hall–Kier alpha value is -3.40. The van der Waals surface area contributed by atoms with Crippen molar-refractivity contribution in [3.8, 4) is 0 Å². The molecule has 4 aromatic carbocycles. The molecule has 0 saturated heterocycles. The standard InChI is InChI=1S/C20H14N4/c21-22-20-17-10-4-2-7-15(17)12-13-19(20)24-23-18-11-5-8-14-6-1-3-9-16(14)18/h1-13,21H. The van der Waals surface area contributed by atoms with E-state index < -0.39 is 0 Å². The van der Waals surface area contributed by atoms with Gasteiger partial charge in [0.25, 0.3) is 0 Å². The van der Waals surface area contributed by atoms with Crippen molar-refractivity contribution < 1.29 is 0 Å². The molecular formula is C20H14N4. The van der Waals surface area contributed by atoms with E-state index in [1.165, 1.54) is 0 Å². The second-order valence-corrected chi connectivity index (χ2v) is 5.46. The van der Waals surface area contributed by atoms with Crippen molar-refractivity contribution in [1.29, 1.82) is 5.53 Å². The molecule has 0 bridgehead atoms. The largest absolute Gasteiger partial charge is 0.204 e. The number of nitrogens with one attached hydrogen (secondary N) is 1. The zero-order valence-electron chi connectivity index (χ0n) is 12.8. The number of nitrogens with zero attached hydrogens (tertiary/aromatic N) is 3. The molecule has 0 heterocycles. The molecule has 1 N–H and O–H groups in total. The lowest BCUT2D eigenvalue weighted by Crippen LogP contribution is -1.75. The van der Waals surface area contributed by atoms with Crippen LogP contribution in [0.3, 0.4) is 0 Å². The Balaban J connectivity index is 1.84. The topological polar surface area (TPSA) is 60.9 Å². The first kappa shape index (κ1) is 14.2. The Labute approximate surface area is 139 Å². The van der Waals surface area contributed by atoms with E-state index >= 15 is 0 Å². The summed E-state index contributed by atoms with van der Waals surface area (Å²) in [5.74, 6) is 0. The summed E-state index contributed by atoms with van der Waals surface area (Å²) < 4.78 is 0. The zero-order chi connectivity index (χ0) is 16.4. The van der Waals surface area contributed by atoms with Crippen molar-refractivity contribution in [2.75, 3.05) is 0 Å². The van der Waals surface area contributed by atoms with E-state index in [0.717, 1.165) is 27.2 Å². The summed E-state index contributed by atoms with van der Waals surface area (Å²) in [5, 5.41) is 16.5. The summed E-state index contributed by atoms with van der Waals surface area (Å²) in [6.07, 6.45) is 0. The van der Waals surface area contributed by atoms with Crippen molar-refractivity contribution in [2.45, 2.75) is 0 Å². The SMILES string of the molecule is N=Nc1c(N=Nc2cccc3ccccc23)ccc2ccccc12. The quantitative estimate of drug-likeness (QED) is 0.393. The van der Waals surface area contributed by atoms with Gasteiger partial charge >= 0.3 is 0 Å². The molecule has 0 saturated carbocycles. The normalized spacial score (nSPS) is 11.3. The molecule has 24 heavy (non-hydrogen) atoms. The van der Waals surface area contributed by atoms with E-state index in [0.29, 0.717) is 11.4 Å². The molecule has 4 heteroatoms. The predicted octanol–water partition coefficient (Wildman–Crippen LogP) is 7.07.